The molecule has 0 bridgehead atoms. The van der Waals surface area contributed by atoms with Crippen LogP contribution in [0.5, 0.6) is 11.5 Å². The summed E-state index contributed by atoms with van der Waals surface area (Å²) in [4.78, 5) is 12.4. The van der Waals surface area contributed by atoms with Gasteiger partial charge in [-0.25, -0.2) is 4.79 Å². The van der Waals surface area contributed by atoms with E-state index in [-0.39, 0.29) is 0 Å². The number of carbonyl (C=O) groups is 1. The van der Waals surface area contributed by atoms with E-state index in [9.17, 15) is 4.79 Å². The fourth-order valence-corrected chi connectivity index (χ4v) is 2.63. The maximum absolute atomic E-state index is 12.4. The third-order valence-electron chi connectivity index (χ3n) is 3.93. The maximum atomic E-state index is 12.4. The van der Waals surface area contributed by atoms with Gasteiger partial charge in [-0.2, -0.15) is 5.26 Å². The number of hydrogen-bond donors (Lipinski definition) is 2. The van der Waals surface area contributed by atoms with Crippen LogP contribution in [-0.2, 0) is 0 Å². The summed E-state index contributed by atoms with van der Waals surface area (Å²) >= 11 is 0. The van der Waals surface area contributed by atoms with Crippen LogP contribution in [0.1, 0.15) is 39.9 Å². The Balaban J connectivity index is 2.05. The maximum Gasteiger partial charge on any atom is 0.343 e. The van der Waals surface area contributed by atoms with Gasteiger partial charge in [0.1, 0.15) is 11.5 Å². The number of nitrogens with zero attached hydrogens (tertiary/aromatic N) is 1. The van der Waals surface area contributed by atoms with Gasteiger partial charge in [0.15, 0.2) is 6.29 Å². The van der Waals surface area contributed by atoms with Gasteiger partial charge < -0.3 is 19.7 Å². The second-order valence-electron chi connectivity index (χ2n) is 6.28. The molecule has 0 aliphatic carbocycles. The van der Waals surface area contributed by atoms with Gasteiger partial charge in [0.05, 0.1) is 18.2 Å². The average molecular weight is 381 g/mol. The molecule has 0 fully saturated rings. The lowest BCUT2D eigenvalue weighted by molar-refractivity contribution is 0.00303. The summed E-state index contributed by atoms with van der Waals surface area (Å²) in [5, 5.41) is 26.2. The number of rotatable bonds is 8. The normalized spacial score (nSPS) is 10.9. The largest absolute Gasteiger partial charge is 0.493 e. The van der Waals surface area contributed by atoms with Gasteiger partial charge in [0.25, 0.3) is 0 Å². The summed E-state index contributed by atoms with van der Waals surface area (Å²) in [6.45, 7) is 4.17. The van der Waals surface area contributed by atoms with E-state index in [1.807, 2.05) is 13.8 Å². The molecule has 0 heterocycles. The van der Waals surface area contributed by atoms with E-state index in [1.165, 1.54) is 6.08 Å². The van der Waals surface area contributed by atoms with Crippen LogP contribution in [0.3, 0.4) is 0 Å². The Hall–Kier alpha value is -3.14. The number of unbranched alkanes of at least 4 members (excludes halogenated alkanes) is 1. The van der Waals surface area contributed by atoms with Crippen LogP contribution in [0.15, 0.2) is 42.5 Å². The number of carbonyl (C=O) groups excluding carboxylic acids is 1. The molecule has 6 heteroatoms. The Labute approximate surface area is 164 Å². The fourth-order valence-electron chi connectivity index (χ4n) is 2.63. The highest BCUT2D eigenvalue weighted by Gasteiger charge is 2.14. The van der Waals surface area contributed by atoms with Crippen LogP contribution >= 0.6 is 0 Å². The summed E-state index contributed by atoms with van der Waals surface area (Å²) < 4.78 is 11.1. The minimum atomic E-state index is -1.51. The molecule has 28 heavy (non-hydrogen) atoms. The van der Waals surface area contributed by atoms with E-state index in [0.29, 0.717) is 30.8 Å². The molecule has 0 saturated carbocycles. The highest BCUT2D eigenvalue weighted by Crippen LogP contribution is 2.26. The Bertz CT molecular complexity index is 856. The van der Waals surface area contributed by atoms with Gasteiger partial charge in [-0.15, -0.1) is 0 Å². The highest BCUT2D eigenvalue weighted by atomic mass is 16.5. The summed E-state index contributed by atoms with van der Waals surface area (Å²) in [5.74, 6) is 0.631. The van der Waals surface area contributed by atoms with E-state index >= 15 is 0 Å². The third-order valence-corrected chi connectivity index (χ3v) is 3.93. The number of aryl methyl sites for hydroxylation is 2. The number of aliphatic hydroxyl groups excluding tert-OH is 1. The first-order valence-electron chi connectivity index (χ1n) is 8.88. The molecule has 2 aromatic rings. The van der Waals surface area contributed by atoms with Gasteiger partial charge >= 0.3 is 5.97 Å². The van der Waals surface area contributed by atoms with Crippen molar-refractivity contribution in [2.24, 2.45) is 0 Å². The molecule has 2 N–H and O–H groups in total. The lowest BCUT2D eigenvalue weighted by atomic mass is 10.1. The number of aliphatic hydroxyl groups is 2. The first-order valence-corrected chi connectivity index (χ1v) is 8.88. The smallest absolute Gasteiger partial charge is 0.343 e. The fraction of sp³-hybridized carbons (Fsp3) is 0.273. The zero-order valence-corrected chi connectivity index (χ0v) is 15.9. The van der Waals surface area contributed by atoms with Gasteiger partial charge in [-0.05, 0) is 67.3 Å². The molecule has 146 valence electrons. The zero-order chi connectivity index (χ0) is 20.5. The number of benzene rings is 2. The van der Waals surface area contributed by atoms with E-state index in [0.717, 1.165) is 22.4 Å². The van der Waals surface area contributed by atoms with Crippen molar-refractivity contribution in [2.45, 2.75) is 33.0 Å². The quantitative estimate of drug-likeness (QED) is 0.314. The summed E-state index contributed by atoms with van der Waals surface area (Å²) in [5.41, 5.74) is 2.82. The van der Waals surface area contributed by atoms with Crippen LogP contribution in [0.25, 0.3) is 6.08 Å². The van der Waals surface area contributed by atoms with Crippen LogP contribution in [0, 0.1) is 25.2 Å². The summed E-state index contributed by atoms with van der Waals surface area (Å²) in [6.07, 6.45) is 2.37. The molecule has 0 unspecified atom stereocenters. The predicted molar refractivity (Wildman–Crippen MR) is 105 cm³/mol. The standard InChI is InChI=1S/C22H23NO5/c1-15-13-18(14-16(2)21(15)27-12-4-3-11-23)22(26)28-19-8-5-17(6-9-19)7-10-20(24)25/h5-10,13-14,20,24-25H,3-4,12H2,1-2H3/b10-7+. The van der Waals surface area contributed by atoms with E-state index < -0.39 is 12.3 Å². The Morgan fingerprint density at radius 2 is 1.82 bits per heavy atom. The van der Waals surface area contributed by atoms with Crippen molar-refractivity contribution in [2.75, 3.05) is 6.61 Å². The Morgan fingerprint density at radius 1 is 1.18 bits per heavy atom. The molecule has 0 amide bonds. The Kier molecular flexibility index (Phi) is 7.76. The van der Waals surface area contributed by atoms with Crippen LogP contribution in [0.2, 0.25) is 0 Å². The van der Waals surface area contributed by atoms with Crippen molar-refractivity contribution >= 4 is 12.0 Å². The zero-order valence-electron chi connectivity index (χ0n) is 15.9. The van der Waals surface area contributed by atoms with Crippen molar-refractivity contribution in [1.29, 1.82) is 5.26 Å². The van der Waals surface area contributed by atoms with Crippen LogP contribution < -0.4 is 9.47 Å². The van der Waals surface area contributed by atoms with Gasteiger partial charge in [-0.3, -0.25) is 0 Å². The van der Waals surface area contributed by atoms with Gasteiger partial charge in [0, 0.05) is 6.42 Å². The van der Waals surface area contributed by atoms with Crippen molar-refractivity contribution in [1.82, 2.24) is 0 Å². The summed E-state index contributed by atoms with van der Waals surface area (Å²) in [6, 6.07) is 12.2. The Morgan fingerprint density at radius 3 is 2.39 bits per heavy atom. The van der Waals surface area contributed by atoms with Crippen molar-refractivity contribution < 1.29 is 24.5 Å². The van der Waals surface area contributed by atoms with Crippen LogP contribution in [0.4, 0.5) is 0 Å². The first-order chi connectivity index (χ1) is 13.4. The second-order valence-corrected chi connectivity index (χ2v) is 6.28. The molecule has 0 saturated heterocycles. The minimum Gasteiger partial charge on any atom is -0.493 e. The predicted octanol–water partition coefficient (Wildman–Crippen LogP) is 3.53. The summed E-state index contributed by atoms with van der Waals surface area (Å²) in [7, 11) is 0. The van der Waals surface area contributed by atoms with Crippen molar-refractivity contribution in [3.63, 3.8) is 0 Å². The number of ether oxygens (including phenoxy) is 2. The monoisotopic (exact) mass is 381 g/mol. The second kappa shape index (κ2) is 10.3. The molecular weight excluding hydrogens is 358 g/mol. The molecule has 2 rings (SSSR count). The van der Waals surface area contributed by atoms with Crippen molar-refractivity contribution in [3.05, 3.63) is 64.7 Å². The molecule has 0 aromatic heterocycles. The molecule has 0 aliphatic rings. The number of esters is 1. The van der Waals surface area contributed by atoms with E-state index in [4.69, 9.17) is 24.9 Å². The average Bonchev–Trinajstić information content (AvgIpc) is 2.66. The molecule has 6 nitrogen and oxygen atoms in total. The molecule has 0 atom stereocenters. The third kappa shape index (κ3) is 6.23. The highest BCUT2D eigenvalue weighted by molar-refractivity contribution is 5.92. The lowest BCUT2D eigenvalue weighted by Crippen LogP contribution is -2.10. The molecule has 2 aromatic carbocycles. The topological polar surface area (TPSA) is 99.8 Å². The molecule has 0 radical (unpaired) electrons. The van der Waals surface area contributed by atoms with E-state index in [1.54, 1.807) is 42.5 Å². The number of hydrogen-bond acceptors (Lipinski definition) is 6. The molecular formula is C22H23NO5. The molecule has 0 aliphatic heterocycles. The lowest BCUT2D eigenvalue weighted by Gasteiger charge is -2.13. The number of nitriles is 1. The first kappa shape index (κ1) is 21.2. The van der Waals surface area contributed by atoms with E-state index in [2.05, 4.69) is 6.07 Å². The van der Waals surface area contributed by atoms with Crippen LogP contribution in [-0.4, -0.2) is 29.1 Å². The van der Waals surface area contributed by atoms with Crippen molar-refractivity contribution in [3.8, 4) is 17.6 Å². The minimum absolute atomic E-state index is 0.388. The SMILES string of the molecule is Cc1cc(C(=O)Oc2ccc(/C=C/C(O)O)cc2)cc(C)c1OCCCC#N. The van der Waals surface area contributed by atoms with Gasteiger partial charge in [0.2, 0.25) is 0 Å². The molecule has 0 spiro atoms. The van der Waals surface area contributed by atoms with Gasteiger partial charge in [-0.1, -0.05) is 18.2 Å².